The van der Waals surface area contributed by atoms with E-state index in [4.69, 9.17) is 9.40 Å². The molecule has 0 aliphatic rings. The Hall–Kier alpha value is -4.95. The molecule has 0 unspecified atom stereocenters. The van der Waals surface area contributed by atoms with Crippen molar-refractivity contribution in [2.24, 2.45) is 0 Å². The van der Waals surface area contributed by atoms with E-state index in [1.54, 1.807) is 0 Å². The number of benzene rings is 7. The average Bonchev–Trinajstić information content (AvgIpc) is 3.41. The summed E-state index contributed by atoms with van der Waals surface area (Å²) in [5.74, 6) is 0.652. The van der Waals surface area contributed by atoms with Gasteiger partial charge in [-0.15, -0.1) is 0 Å². The van der Waals surface area contributed by atoms with Crippen LogP contribution in [0.4, 0.5) is 0 Å². The first-order valence-corrected chi connectivity index (χ1v) is 12.6. The topological polar surface area (TPSA) is 26.0 Å². The van der Waals surface area contributed by atoms with E-state index < -0.39 is 0 Å². The molecule has 0 spiro atoms. The number of oxazole rings is 1. The molecule has 1 aromatic heterocycles. The first-order chi connectivity index (χ1) is 18.3. The summed E-state index contributed by atoms with van der Waals surface area (Å²) in [5.41, 5.74) is 5.16. The molecular formula is C35H21NO. The molecule has 0 saturated carbocycles. The molecule has 0 bridgehead atoms. The Morgan fingerprint density at radius 3 is 2.05 bits per heavy atom. The second kappa shape index (κ2) is 7.78. The Labute approximate surface area is 213 Å². The lowest BCUT2D eigenvalue weighted by Gasteiger charge is -2.12. The molecule has 37 heavy (non-hydrogen) atoms. The smallest absolute Gasteiger partial charge is 0.227 e. The van der Waals surface area contributed by atoms with Gasteiger partial charge in [0.1, 0.15) is 5.52 Å². The number of rotatable bonds is 2. The second-order valence-corrected chi connectivity index (χ2v) is 9.59. The molecule has 1 heterocycles. The van der Waals surface area contributed by atoms with E-state index in [2.05, 4.69) is 97.1 Å². The van der Waals surface area contributed by atoms with Crippen molar-refractivity contribution in [1.29, 1.82) is 0 Å². The normalized spacial score (nSPS) is 11.8. The van der Waals surface area contributed by atoms with Crippen molar-refractivity contribution in [2.45, 2.75) is 0 Å². The molecule has 0 aliphatic heterocycles. The largest absolute Gasteiger partial charge is 0.435 e. The van der Waals surface area contributed by atoms with Gasteiger partial charge in [-0.05, 0) is 79.2 Å². The number of hydrogen-bond donors (Lipinski definition) is 0. The minimum absolute atomic E-state index is 0.652. The van der Waals surface area contributed by atoms with E-state index in [0.717, 1.165) is 27.4 Å². The van der Waals surface area contributed by atoms with Crippen molar-refractivity contribution in [3.8, 4) is 22.6 Å². The van der Waals surface area contributed by atoms with Crippen molar-refractivity contribution in [3.63, 3.8) is 0 Å². The Bertz CT molecular complexity index is 2140. The summed E-state index contributed by atoms with van der Waals surface area (Å²) in [4.78, 5) is 4.80. The van der Waals surface area contributed by atoms with Crippen LogP contribution in [0.3, 0.4) is 0 Å². The molecule has 8 aromatic rings. The molecule has 0 radical (unpaired) electrons. The zero-order valence-corrected chi connectivity index (χ0v) is 20.0. The van der Waals surface area contributed by atoms with Crippen LogP contribution in [0.2, 0.25) is 0 Å². The van der Waals surface area contributed by atoms with Crippen LogP contribution in [0, 0.1) is 0 Å². The molecular weight excluding hydrogens is 450 g/mol. The second-order valence-electron chi connectivity index (χ2n) is 9.59. The van der Waals surface area contributed by atoms with Crippen molar-refractivity contribution >= 4 is 54.2 Å². The Kier molecular flexibility index (Phi) is 4.26. The van der Waals surface area contributed by atoms with Gasteiger partial charge in [0.2, 0.25) is 5.89 Å². The number of aromatic nitrogens is 1. The maximum absolute atomic E-state index is 6.39. The molecule has 7 aromatic carbocycles. The third-order valence-electron chi connectivity index (χ3n) is 7.45. The van der Waals surface area contributed by atoms with Crippen molar-refractivity contribution < 1.29 is 4.42 Å². The SMILES string of the molecule is c1ccc(-c2nc3ccc4ccc5cc(-c6cc7ccccc7c7ccccc67)ccc5c4c3o2)cc1. The molecule has 0 atom stereocenters. The van der Waals surface area contributed by atoms with Gasteiger partial charge in [0.15, 0.2) is 5.58 Å². The van der Waals surface area contributed by atoms with Crippen LogP contribution in [0.5, 0.6) is 0 Å². The standard InChI is InChI=1S/C35H21NO/c1-2-8-23(9-3-1)35-36-32-19-17-22-14-15-25-20-26(16-18-28(25)33(22)34(32)37-35)31-21-24-10-4-5-11-27(24)29-12-6-7-13-30(29)31/h1-21H. The maximum atomic E-state index is 6.39. The first kappa shape index (κ1) is 20.3. The fourth-order valence-electron chi connectivity index (χ4n) is 5.70. The third kappa shape index (κ3) is 3.09. The van der Waals surface area contributed by atoms with Gasteiger partial charge >= 0.3 is 0 Å². The minimum atomic E-state index is 0.652. The molecule has 172 valence electrons. The van der Waals surface area contributed by atoms with Gasteiger partial charge in [0.05, 0.1) is 0 Å². The molecule has 0 fully saturated rings. The molecule has 2 heteroatoms. The highest BCUT2D eigenvalue weighted by Gasteiger charge is 2.14. The van der Waals surface area contributed by atoms with Gasteiger partial charge in [-0.25, -0.2) is 4.98 Å². The highest BCUT2D eigenvalue weighted by molar-refractivity contribution is 6.19. The van der Waals surface area contributed by atoms with Crippen LogP contribution in [-0.2, 0) is 0 Å². The van der Waals surface area contributed by atoms with E-state index >= 15 is 0 Å². The average molecular weight is 472 g/mol. The van der Waals surface area contributed by atoms with E-state index in [9.17, 15) is 0 Å². The lowest BCUT2D eigenvalue weighted by molar-refractivity contribution is 0.623. The zero-order chi connectivity index (χ0) is 24.3. The lowest BCUT2D eigenvalue weighted by atomic mass is 9.91. The van der Waals surface area contributed by atoms with Crippen LogP contribution < -0.4 is 0 Å². The van der Waals surface area contributed by atoms with Crippen LogP contribution >= 0.6 is 0 Å². The van der Waals surface area contributed by atoms with Gasteiger partial charge in [0, 0.05) is 10.9 Å². The van der Waals surface area contributed by atoms with Crippen molar-refractivity contribution in [3.05, 3.63) is 127 Å². The van der Waals surface area contributed by atoms with Gasteiger partial charge < -0.3 is 4.42 Å². The van der Waals surface area contributed by atoms with Gasteiger partial charge in [-0.3, -0.25) is 0 Å². The summed E-state index contributed by atoms with van der Waals surface area (Å²) in [6.07, 6.45) is 0. The number of nitrogens with zero attached hydrogens (tertiary/aromatic N) is 1. The highest BCUT2D eigenvalue weighted by Crippen LogP contribution is 2.39. The predicted molar refractivity (Wildman–Crippen MR) is 155 cm³/mol. The van der Waals surface area contributed by atoms with Crippen molar-refractivity contribution in [2.75, 3.05) is 0 Å². The number of fused-ring (bicyclic) bond motifs is 8. The van der Waals surface area contributed by atoms with E-state index in [0.29, 0.717) is 5.89 Å². The van der Waals surface area contributed by atoms with Gasteiger partial charge in [0.25, 0.3) is 0 Å². The first-order valence-electron chi connectivity index (χ1n) is 12.6. The summed E-state index contributed by atoms with van der Waals surface area (Å²) in [6, 6.07) is 45.1. The molecule has 2 nitrogen and oxygen atoms in total. The molecule has 0 N–H and O–H groups in total. The van der Waals surface area contributed by atoms with Crippen LogP contribution in [0.15, 0.2) is 132 Å². The Balaban J connectivity index is 1.38. The summed E-state index contributed by atoms with van der Waals surface area (Å²) in [6.45, 7) is 0. The highest BCUT2D eigenvalue weighted by atomic mass is 16.3. The van der Waals surface area contributed by atoms with E-state index in [1.807, 2.05) is 30.3 Å². The Morgan fingerprint density at radius 2 is 1.16 bits per heavy atom. The summed E-state index contributed by atoms with van der Waals surface area (Å²) < 4.78 is 6.39. The molecule has 0 amide bonds. The molecule has 0 saturated heterocycles. The fraction of sp³-hybridized carbons (Fsp3) is 0. The third-order valence-corrected chi connectivity index (χ3v) is 7.45. The summed E-state index contributed by atoms with van der Waals surface area (Å²) in [7, 11) is 0. The lowest BCUT2D eigenvalue weighted by Crippen LogP contribution is -1.86. The fourth-order valence-corrected chi connectivity index (χ4v) is 5.70. The Morgan fingerprint density at radius 1 is 0.459 bits per heavy atom. The molecule has 8 rings (SSSR count). The minimum Gasteiger partial charge on any atom is -0.435 e. The van der Waals surface area contributed by atoms with Gasteiger partial charge in [-0.2, -0.15) is 0 Å². The maximum Gasteiger partial charge on any atom is 0.227 e. The molecule has 0 aliphatic carbocycles. The van der Waals surface area contributed by atoms with E-state index in [1.165, 1.54) is 43.4 Å². The van der Waals surface area contributed by atoms with Crippen LogP contribution in [-0.4, -0.2) is 4.98 Å². The summed E-state index contributed by atoms with van der Waals surface area (Å²) in [5, 5.41) is 9.72. The summed E-state index contributed by atoms with van der Waals surface area (Å²) >= 11 is 0. The predicted octanol–water partition coefficient (Wildman–Crippen LogP) is 9.77. The van der Waals surface area contributed by atoms with Crippen LogP contribution in [0.1, 0.15) is 0 Å². The van der Waals surface area contributed by atoms with Gasteiger partial charge in [-0.1, -0.05) is 97.1 Å². The van der Waals surface area contributed by atoms with Crippen molar-refractivity contribution in [1.82, 2.24) is 4.98 Å². The quantitative estimate of drug-likeness (QED) is 0.235. The monoisotopic (exact) mass is 471 g/mol. The van der Waals surface area contributed by atoms with E-state index in [-0.39, 0.29) is 0 Å². The zero-order valence-electron chi connectivity index (χ0n) is 20.0. The number of hydrogen-bond acceptors (Lipinski definition) is 2. The van der Waals surface area contributed by atoms with Crippen LogP contribution in [0.25, 0.3) is 76.8 Å².